The molecule has 0 aromatic heterocycles. The Labute approximate surface area is 151 Å². The van der Waals surface area contributed by atoms with Gasteiger partial charge in [0.1, 0.15) is 0 Å². The number of benzene rings is 2. The molecular formula is C16H16Cl2N2O3S. The Morgan fingerprint density at radius 1 is 1.08 bits per heavy atom. The van der Waals surface area contributed by atoms with Crippen LogP contribution in [0.25, 0.3) is 0 Å². The maximum Gasteiger partial charge on any atom is 0.235 e. The maximum absolute atomic E-state index is 12.3. The molecule has 0 spiro atoms. The number of halogens is 2. The minimum atomic E-state index is -3.59. The minimum absolute atomic E-state index is 0.167. The van der Waals surface area contributed by atoms with E-state index in [0.717, 1.165) is 0 Å². The molecule has 0 unspecified atom stereocenters. The first kappa shape index (κ1) is 18.6. The molecule has 0 atom stereocenters. The molecule has 0 saturated heterocycles. The summed E-state index contributed by atoms with van der Waals surface area (Å²) in [6.07, 6.45) is -0.167. The van der Waals surface area contributed by atoms with Crippen molar-refractivity contribution in [3.05, 3.63) is 58.6 Å². The van der Waals surface area contributed by atoms with Gasteiger partial charge >= 0.3 is 0 Å². The molecular weight excluding hydrogens is 371 g/mol. The maximum atomic E-state index is 12.3. The molecule has 1 amide bonds. The molecule has 2 aromatic carbocycles. The van der Waals surface area contributed by atoms with Crippen LogP contribution in [0.4, 0.5) is 11.4 Å². The molecule has 8 heteroatoms. The molecule has 0 bridgehead atoms. The number of nitrogens with one attached hydrogen (secondary N) is 1. The van der Waals surface area contributed by atoms with Gasteiger partial charge in [0.05, 0.1) is 21.5 Å². The largest absolute Gasteiger partial charge is 0.326 e. The third-order valence-corrected chi connectivity index (χ3v) is 5.83. The molecule has 128 valence electrons. The molecule has 0 radical (unpaired) electrons. The van der Waals surface area contributed by atoms with Crippen molar-refractivity contribution in [2.75, 3.05) is 22.4 Å². The van der Waals surface area contributed by atoms with E-state index in [1.807, 2.05) is 0 Å². The third kappa shape index (κ3) is 4.87. The number of anilines is 2. The smallest absolute Gasteiger partial charge is 0.235 e. The van der Waals surface area contributed by atoms with E-state index >= 15 is 0 Å². The zero-order valence-electron chi connectivity index (χ0n) is 12.9. The van der Waals surface area contributed by atoms with Crippen LogP contribution in [0.1, 0.15) is 6.42 Å². The summed E-state index contributed by atoms with van der Waals surface area (Å²) in [5.41, 5.74) is 1.01. The summed E-state index contributed by atoms with van der Waals surface area (Å²) in [6.45, 7) is 0. The van der Waals surface area contributed by atoms with Gasteiger partial charge in [0.15, 0.2) is 0 Å². The van der Waals surface area contributed by atoms with Gasteiger partial charge in [-0.15, -0.1) is 0 Å². The number of carbonyl (C=O) groups excluding carboxylic acids is 1. The Morgan fingerprint density at radius 2 is 1.75 bits per heavy atom. The zero-order valence-corrected chi connectivity index (χ0v) is 15.2. The average molecular weight is 387 g/mol. The molecule has 0 aliphatic carbocycles. The number of nitrogens with zero attached hydrogens (tertiary/aromatic N) is 1. The van der Waals surface area contributed by atoms with Crippen LogP contribution in [-0.4, -0.2) is 27.1 Å². The van der Waals surface area contributed by atoms with Crippen molar-refractivity contribution >= 4 is 50.5 Å². The minimum Gasteiger partial charge on any atom is -0.326 e. The lowest BCUT2D eigenvalue weighted by molar-refractivity contribution is -0.115. The molecule has 0 aliphatic heterocycles. The topological polar surface area (TPSA) is 66.5 Å². The number of para-hydroxylation sites is 1. The van der Waals surface area contributed by atoms with Gasteiger partial charge in [-0.25, -0.2) is 8.42 Å². The van der Waals surface area contributed by atoms with Crippen LogP contribution in [0.2, 0.25) is 10.0 Å². The normalized spacial score (nSPS) is 11.1. The summed E-state index contributed by atoms with van der Waals surface area (Å²) in [6, 6.07) is 13.3. The molecule has 24 heavy (non-hydrogen) atoms. The molecule has 1 N–H and O–H groups in total. The van der Waals surface area contributed by atoms with Crippen LogP contribution in [0.3, 0.4) is 0 Å². The lowest BCUT2D eigenvalue weighted by Crippen LogP contribution is -2.30. The number of sulfonamides is 1. The van der Waals surface area contributed by atoms with Gasteiger partial charge in [0.2, 0.25) is 15.9 Å². The van der Waals surface area contributed by atoms with Crippen molar-refractivity contribution in [1.82, 2.24) is 0 Å². The summed E-state index contributed by atoms with van der Waals surface area (Å²) in [5, 5.41) is 3.28. The molecule has 0 fully saturated rings. The highest BCUT2D eigenvalue weighted by Gasteiger charge is 2.19. The van der Waals surface area contributed by atoms with Crippen LogP contribution in [0.5, 0.6) is 0 Å². The third-order valence-electron chi connectivity index (χ3n) is 3.33. The van der Waals surface area contributed by atoms with Gasteiger partial charge < -0.3 is 5.32 Å². The molecule has 5 nitrogen and oxygen atoms in total. The Morgan fingerprint density at radius 3 is 2.38 bits per heavy atom. The number of carbonyl (C=O) groups is 1. The van der Waals surface area contributed by atoms with E-state index in [0.29, 0.717) is 21.4 Å². The van der Waals surface area contributed by atoms with Gasteiger partial charge in [-0.3, -0.25) is 9.10 Å². The Balaban J connectivity index is 1.96. The van der Waals surface area contributed by atoms with Crippen LogP contribution in [0.15, 0.2) is 48.5 Å². The standard InChI is InChI=1S/C16H16Cl2N2O3S/c1-20(13-5-3-2-4-6-13)24(22,23)10-9-16(21)19-12-7-8-14(17)15(18)11-12/h2-8,11H,9-10H2,1H3,(H,19,21). The first-order valence-corrected chi connectivity index (χ1v) is 9.42. The van der Waals surface area contributed by atoms with Crippen molar-refractivity contribution in [2.24, 2.45) is 0 Å². The Bertz CT molecular complexity index is 826. The van der Waals surface area contributed by atoms with Crippen molar-refractivity contribution < 1.29 is 13.2 Å². The monoisotopic (exact) mass is 386 g/mol. The van der Waals surface area contributed by atoms with Crippen LogP contribution >= 0.6 is 23.2 Å². The highest BCUT2D eigenvalue weighted by atomic mass is 35.5. The van der Waals surface area contributed by atoms with Crippen molar-refractivity contribution in [2.45, 2.75) is 6.42 Å². The Kier molecular flexibility index (Phi) is 6.10. The van der Waals surface area contributed by atoms with E-state index in [2.05, 4.69) is 5.32 Å². The quantitative estimate of drug-likeness (QED) is 0.820. The van der Waals surface area contributed by atoms with Crippen molar-refractivity contribution in [3.63, 3.8) is 0 Å². The van der Waals surface area contributed by atoms with Gasteiger partial charge in [-0.05, 0) is 30.3 Å². The van der Waals surface area contributed by atoms with E-state index in [1.54, 1.807) is 42.5 Å². The first-order valence-electron chi connectivity index (χ1n) is 7.06. The number of hydrogen-bond acceptors (Lipinski definition) is 3. The van der Waals surface area contributed by atoms with Crippen molar-refractivity contribution in [3.8, 4) is 0 Å². The fourth-order valence-electron chi connectivity index (χ4n) is 1.95. The fourth-order valence-corrected chi connectivity index (χ4v) is 3.41. The lowest BCUT2D eigenvalue weighted by Gasteiger charge is -2.19. The highest BCUT2D eigenvalue weighted by molar-refractivity contribution is 7.92. The predicted octanol–water partition coefficient (Wildman–Crippen LogP) is 3.79. The molecule has 0 aliphatic rings. The molecule has 2 rings (SSSR count). The van der Waals surface area contributed by atoms with E-state index in [1.165, 1.54) is 17.4 Å². The average Bonchev–Trinajstić information content (AvgIpc) is 2.56. The van der Waals surface area contributed by atoms with Gasteiger partial charge in [0.25, 0.3) is 0 Å². The van der Waals surface area contributed by atoms with Gasteiger partial charge in [-0.1, -0.05) is 41.4 Å². The molecule has 2 aromatic rings. The predicted molar refractivity (Wildman–Crippen MR) is 98.3 cm³/mol. The fraction of sp³-hybridized carbons (Fsp3) is 0.188. The summed E-state index contributed by atoms with van der Waals surface area (Å²) in [4.78, 5) is 11.9. The van der Waals surface area contributed by atoms with E-state index in [9.17, 15) is 13.2 Å². The first-order chi connectivity index (χ1) is 11.3. The molecule has 0 saturated carbocycles. The lowest BCUT2D eigenvalue weighted by atomic mass is 10.3. The zero-order chi connectivity index (χ0) is 17.7. The molecule has 0 heterocycles. The summed E-state index contributed by atoms with van der Waals surface area (Å²) in [7, 11) is -2.13. The summed E-state index contributed by atoms with van der Waals surface area (Å²) in [5.74, 6) is -0.718. The number of rotatable bonds is 6. The van der Waals surface area contributed by atoms with Gasteiger partial charge in [0, 0.05) is 19.2 Å². The van der Waals surface area contributed by atoms with Crippen molar-refractivity contribution in [1.29, 1.82) is 0 Å². The van der Waals surface area contributed by atoms with Gasteiger partial charge in [-0.2, -0.15) is 0 Å². The second-order valence-corrected chi connectivity index (χ2v) is 7.98. The van der Waals surface area contributed by atoms with E-state index in [-0.39, 0.29) is 12.2 Å². The van der Waals surface area contributed by atoms with Crippen LogP contribution in [-0.2, 0) is 14.8 Å². The van der Waals surface area contributed by atoms with E-state index in [4.69, 9.17) is 23.2 Å². The second kappa shape index (κ2) is 7.88. The Hall–Kier alpha value is -1.76. The second-order valence-electron chi connectivity index (χ2n) is 5.05. The summed E-state index contributed by atoms with van der Waals surface area (Å²) < 4.78 is 25.8. The number of amides is 1. The number of hydrogen-bond donors (Lipinski definition) is 1. The highest BCUT2D eigenvalue weighted by Crippen LogP contribution is 2.25. The SMILES string of the molecule is CN(c1ccccc1)S(=O)(=O)CCC(=O)Nc1ccc(Cl)c(Cl)c1. The summed E-state index contributed by atoms with van der Waals surface area (Å²) >= 11 is 11.7. The van der Waals surface area contributed by atoms with Crippen LogP contribution in [0, 0.1) is 0 Å². The van der Waals surface area contributed by atoms with E-state index < -0.39 is 15.9 Å². The van der Waals surface area contributed by atoms with Crippen LogP contribution < -0.4 is 9.62 Å².